The van der Waals surface area contributed by atoms with Gasteiger partial charge in [-0.2, -0.15) is 0 Å². The van der Waals surface area contributed by atoms with Crippen LogP contribution in [0.25, 0.3) is 0 Å². The van der Waals surface area contributed by atoms with Crippen molar-refractivity contribution >= 4 is 18.4 Å². The van der Waals surface area contributed by atoms with Gasteiger partial charge >= 0.3 is 5.97 Å². The first-order valence-electron chi connectivity index (χ1n) is 6.66. The molecule has 1 aliphatic carbocycles. The van der Waals surface area contributed by atoms with Gasteiger partial charge in [0.2, 0.25) is 0 Å². The van der Waals surface area contributed by atoms with Gasteiger partial charge in [-0.05, 0) is 43.5 Å². The highest BCUT2D eigenvalue weighted by atomic mass is 35.5. The van der Waals surface area contributed by atoms with E-state index >= 15 is 0 Å². The first kappa shape index (κ1) is 16.6. The third kappa shape index (κ3) is 4.00. The molecule has 0 aromatic heterocycles. The lowest BCUT2D eigenvalue weighted by molar-refractivity contribution is 0.0696. The molecule has 0 heterocycles. The zero-order valence-electron chi connectivity index (χ0n) is 11.6. The van der Waals surface area contributed by atoms with Crippen molar-refractivity contribution in [2.45, 2.75) is 44.6 Å². The van der Waals surface area contributed by atoms with Gasteiger partial charge in [-0.3, -0.25) is 0 Å². The van der Waals surface area contributed by atoms with Gasteiger partial charge in [0.1, 0.15) is 0 Å². The van der Waals surface area contributed by atoms with Gasteiger partial charge in [0, 0.05) is 5.56 Å². The molecule has 0 bridgehead atoms. The zero-order valence-corrected chi connectivity index (χ0v) is 12.4. The number of hydrogen-bond donors (Lipinski definition) is 2. The summed E-state index contributed by atoms with van der Waals surface area (Å²) in [6, 6.07) is 5.16. The maximum Gasteiger partial charge on any atom is 0.335 e. The fraction of sp³-hybridized carbons (Fsp3) is 0.438. The lowest BCUT2D eigenvalue weighted by Crippen LogP contribution is -2.40. The predicted molar refractivity (Wildman–Crippen MR) is 82.3 cm³/mol. The van der Waals surface area contributed by atoms with E-state index in [2.05, 4.69) is 11.8 Å². The molecule has 1 aromatic carbocycles. The number of hydrogen-bond acceptors (Lipinski definition) is 2. The van der Waals surface area contributed by atoms with Crippen LogP contribution in [-0.4, -0.2) is 16.6 Å². The minimum absolute atomic E-state index is 0. The lowest BCUT2D eigenvalue weighted by atomic mass is 9.83. The largest absolute Gasteiger partial charge is 0.478 e. The first-order chi connectivity index (χ1) is 9.00. The molecule has 0 atom stereocenters. The molecule has 0 amide bonds. The summed E-state index contributed by atoms with van der Waals surface area (Å²) < 4.78 is 0. The molecule has 1 aromatic rings. The molecule has 3 nitrogen and oxygen atoms in total. The molecule has 1 fully saturated rings. The number of carbonyl (C=O) groups is 1. The number of aromatic carboxylic acids is 1. The highest BCUT2D eigenvalue weighted by Crippen LogP contribution is 2.25. The van der Waals surface area contributed by atoms with Crippen molar-refractivity contribution in [1.29, 1.82) is 0 Å². The van der Waals surface area contributed by atoms with Gasteiger partial charge < -0.3 is 10.8 Å². The molecule has 108 valence electrons. The summed E-state index contributed by atoms with van der Waals surface area (Å²) in [5.74, 6) is 5.36. The van der Waals surface area contributed by atoms with Crippen molar-refractivity contribution in [2.24, 2.45) is 5.73 Å². The second-order valence-electron chi connectivity index (χ2n) is 5.30. The Labute approximate surface area is 126 Å². The molecule has 3 N–H and O–H groups in total. The van der Waals surface area contributed by atoms with E-state index in [1.807, 2.05) is 6.07 Å². The summed E-state index contributed by atoms with van der Waals surface area (Å²) >= 11 is 0. The van der Waals surface area contributed by atoms with Gasteiger partial charge in [-0.25, -0.2) is 4.79 Å². The van der Waals surface area contributed by atoms with E-state index in [9.17, 15) is 4.79 Å². The number of benzene rings is 1. The standard InChI is InChI=1S/C16H19NO2.ClH/c1-12-11-13(5-6-14(12)15(18)19)7-10-16(17)8-3-2-4-9-16;/h5-6,11H,2-4,8-9,17H2,1H3,(H,18,19);1H. The van der Waals surface area contributed by atoms with Crippen LogP contribution < -0.4 is 5.73 Å². The van der Waals surface area contributed by atoms with E-state index in [0.29, 0.717) is 5.56 Å². The van der Waals surface area contributed by atoms with Crippen LogP contribution in [0.2, 0.25) is 0 Å². The Bertz CT molecular complexity index is 551. The second-order valence-corrected chi connectivity index (χ2v) is 5.30. The van der Waals surface area contributed by atoms with Crippen LogP contribution in [0.3, 0.4) is 0 Å². The molecule has 20 heavy (non-hydrogen) atoms. The zero-order chi connectivity index (χ0) is 13.9. The highest BCUT2D eigenvalue weighted by molar-refractivity contribution is 5.89. The van der Waals surface area contributed by atoms with E-state index in [1.54, 1.807) is 19.1 Å². The van der Waals surface area contributed by atoms with Gasteiger partial charge in [0.05, 0.1) is 11.1 Å². The Morgan fingerprint density at radius 3 is 2.50 bits per heavy atom. The lowest BCUT2D eigenvalue weighted by Gasteiger charge is -2.27. The van der Waals surface area contributed by atoms with Crippen molar-refractivity contribution in [1.82, 2.24) is 0 Å². The first-order valence-corrected chi connectivity index (χ1v) is 6.66. The van der Waals surface area contributed by atoms with Gasteiger partial charge in [-0.15, -0.1) is 12.4 Å². The fourth-order valence-corrected chi connectivity index (χ4v) is 2.49. The Kier molecular flexibility index (Phi) is 5.62. The number of halogens is 1. The summed E-state index contributed by atoms with van der Waals surface area (Å²) in [5.41, 5.74) is 7.78. The normalized spacial score (nSPS) is 16.5. The average molecular weight is 294 g/mol. The van der Waals surface area contributed by atoms with Crippen LogP contribution in [-0.2, 0) is 0 Å². The van der Waals surface area contributed by atoms with E-state index in [0.717, 1.165) is 36.8 Å². The number of carboxylic acids is 1. The Hall–Kier alpha value is -1.50. The third-order valence-electron chi connectivity index (χ3n) is 3.66. The van der Waals surface area contributed by atoms with E-state index in [1.165, 1.54) is 6.42 Å². The van der Waals surface area contributed by atoms with Gasteiger partial charge in [0.15, 0.2) is 0 Å². The molecule has 1 aliphatic rings. The maximum absolute atomic E-state index is 10.9. The number of nitrogens with two attached hydrogens (primary N) is 1. The van der Waals surface area contributed by atoms with Crippen LogP contribution in [0.4, 0.5) is 0 Å². The molecule has 0 aliphatic heterocycles. The van der Waals surface area contributed by atoms with Gasteiger partial charge in [-0.1, -0.05) is 31.1 Å². The summed E-state index contributed by atoms with van der Waals surface area (Å²) in [5, 5.41) is 8.98. The summed E-state index contributed by atoms with van der Waals surface area (Å²) in [6.45, 7) is 1.79. The topological polar surface area (TPSA) is 63.3 Å². The predicted octanol–water partition coefficient (Wildman–Crippen LogP) is 3.13. The maximum atomic E-state index is 10.9. The second kappa shape index (κ2) is 6.78. The molecule has 1 saturated carbocycles. The van der Waals surface area contributed by atoms with Crippen molar-refractivity contribution in [3.05, 3.63) is 34.9 Å². The van der Waals surface area contributed by atoms with Crippen LogP contribution in [0.15, 0.2) is 18.2 Å². The Morgan fingerprint density at radius 2 is 1.95 bits per heavy atom. The molecule has 0 spiro atoms. The van der Waals surface area contributed by atoms with Crippen molar-refractivity contribution in [3.63, 3.8) is 0 Å². The fourth-order valence-electron chi connectivity index (χ4n) is 2.49. The SMILES string of the molecule is Cc1cc(C#CC2(N)CCCCC2)ccc1C(=O)O.Cl. The van der Waals surface area contributed by atoms with Crippen molar-refractivity contribution in [3.8, 4) is 11.8 Å². The number of rotatable bonds is 1. The minimum Gasteiger partial charge on any atom is -0.478 e. The Balaban J connectivity index is 0.00000200. The van der Waals surface area contributed by atoms with Crippen LogP contribution in [0, 0.1) is 18.8 Å². The summed E-state index contributed by atoms with van der Waals surface area (Å²) in [6.07, 6.45) is 5.43. The van der Waals surface area contributed by atoms with E-state index in [-0.39, 0.29) is 17.9 Å². The molecule has 0 saturated heterocycles. The molecular formula is C16H20ClNO2. The summed E-state index contributed by atoms with van der Waals surface area (Å²) in [4.78, 5) is 10.9. The van der Waals surface area contributed by atoms with E-state index < -0.39 is 5.97 Å². The molecule has 2 rings (SSSR count). The molecule has 4 heteroatoms. The molecule has 0 unspecified atom stereocenters. The van der Waals surface area contributed by atoms with Crippen LogP contribution in [0.1, 0.15) is 53.6 Å². The Morgan fingerprint density at radius 1 is 1.30 bits per heavy atom. The van der Waals surface area contributed by atoms with Gasteiger partial charge in [0.25, 0.3) is 0 Å². The third-order valence-corrected chi connectivity index (χ3v) is 3.66. The molecule has 0 radical (unpaired) electrons. The monoisotopic (exact) mass is 293 g/mol. The molecular weight excluding hydrogens is 274 g/mol. The van der Waals surface area contributed by atoms with Crippen LogP contribution >= 0.6 is 12.4 Å². The minimum atomic E-state index is -0.903. The smallest absolute Gasteiger partial charge is 0.335 e. The highest BCUT2D eigenvalue weighted by Gasteiger charge is 2.24. The quantitative estimate of drug-likeness (QED) is 0.782. The number of carboxylic acid groups (broad SMARTS) is 1. The summed E-state index contributed by atoms with van der Waals surface area (Å²) in [7, 11) is 0. The van der Waals surface area contributed by atoms with Crippen molar-refractivity contribution in [2.75, 3.05) is 0 Å². The number of aryl methyl sites for hydroxylation is 1. The van der Waals surface area contributed by atoms with E-state index in [4.69, 9.17) is 10.8 Å². The van der Waals surface area contributed by atoms with Crippen molar-refractivity contribution < 1.29 is 9.90 Å². The average Bonchev–Trinajstić information content (AvgIpc) is 2.37. The van der Waals surface area contributed by atoms with Crippen LogP contribution in [0.5, 0.6) is 0 Å².